The SMILES string of the molecule is O=C(Cc1ccc(F)c(Cl)c1)c1coc2ccccc12. The van der Waals surface area contributed by atoms with Crippen molar-refractivity contribution in [3.05, 3.63) is 70.7 Å². The summed E-state index contributed by atoms with van der Waals surface area (Å²) in [6.07, 6.45) is 1.61. The number of rotatable bonds is 3. The summed E-state index contributed by atoms with van der Waals surface area (Å²) in [5.41, 5.74) is 1.88. The summed E-state index contributed by atoms with van der Waals surface area (Å²) in [7, 11) is 0. The number of hydrogen-bond acceptors (Lipinski definition) is 2. The van der Waals surface area contributed by atoms with Gasteiger partial charge in [0.25, 0.3) is 0 Å². The van der Waals surface area contributed by atoms with E-state index in [1.807, 2.05) is 18.2 Å². The van der Waals surface area contributed by atoms with Gasteiger partial charge in [0.05, 0.1) is 10.6 Å². The largest absolute Gasteiger partial charge is 0.464 e. The minimum absolute atomic E-state index is 0.0207. The molecule has 2 aromatic carbocycles. The van der Waals surface area contributed by atoms with Crippen molar-refractivity contribution in [1.82, 2.24) is 0 Å². The average molecular weight is 289 g/mol. The monoisotopic (exact) mass is 288 g/mol. The Balaban J connectivity index is 1.91. The lowest BCUT2D eigenvalue weighted by Gasteiger charge is -2.01. The van der Waals surface area contributed by atoms with Crippen molar-refractivity contribution in [3.63, 3.8) is 0 Å². The average Bonchev–Trinajstić information content (AvgIpc) is 2.87. The van der Waals surface area contributed by atoms with Gasteiger partial charge in [-0.3, -0.25) is 4.79 Å². The van der Waals surface area contributed by atoms with Crippen LogP contribution in [0.2, 0.25) is 5.02 Å². The van der Waals surface area contributed by atoms with Crippen LogP contribution in [0, 0.1) is 5.82 Å². The van der Waals surface area contributed by atoms with E-state index in [9.17, 15) is 9.18 Å². The molecule has 3 aromatic rings. The number of carbonyl (C=O) groups is 1. The summed E-state index contributed by atoms with van der Waals surface area (Å²) in [6, 6.07) is 11.6. The van der Waals surface area contributed by atoms with Gasteiger partial charge in [0.1, 0.15) is 17.7 Å². The Morgan fingerprint density at radius 2 is 2.00 bits per heavy atom. The van der Waals surface area contributed by atoms with Gasteiger partial charge in [0.15, 0.2) is 5.78 Å². The highest BCUT2D eigenvalue weighted by molar-refractivity contribution is 6.30. The maximum absolute atomic E-state index is 13.1. The Kier molecular flexibility index (Phi) is 3.28. The normalized spacial score (nSPS) is 10.9. The Morgan fingerprint density at radius 1 is 1.20 bits per heavy atom. The standard InChI is InChI=1S/C16H10ClFO2/c17-13-7-10(5-6-14(13)18)8-15(19)12-9-20-16-4-2-1-3-11(12)16/h1-7,9H,8H2. The molecule has 0 saturated heterocycles. The first-order valence-electron chi connectivity index (χ1n) is 6.08. The molecular weight excluding hydrogens is 279 g/mol. The first kappa shape index (κ1) is 12.9. The molecule has 0 radical (unpaired) electrons. The van der Waals surface area contributed by atoms with E-state index in [4.69, 9.17) is 16.0 Å². The topological polar surface area (TPSA) is 30.2 Å². The molecule has 4 heteroatoms. The van der Waals surface area contributed by atoms with E-state index in [-0.39, 0.29) is 17.2 Å². The predicted molar refractivity (Wildman–Crippen MR) is 75.7 cm³/mol. The van der Waals surface area contributed by atoms with Crippen LogP contribution < -0.4 is 0 Å². The molecule has 100 valence electrons. The second-order valence-corrected chi connectivity index (χ2v) is 4.90. The molecule has 2 nitrogen and oxygen atoms in total. The molecule has 20 heavy (non-hydrogen) atoms. The molecule has 3 rings (SSSR count). The lowest BCUT2D eigenvalue weighted by Crippen LogP contribution is -2.02. The van der Waals surface area contributed by atoms with Gasteiger partial charge in [-0.2, -0.15) is 0 Å². The van der Waals surface area contributed by atoms with E-state index in [1.165, 1.54) is 18.4 Å². The number of carbonyl (C=O) groups excluding carboxylic acids is 1. The summed E-state index contributed by atoms with van der Waals surface area (Å²) in [6.45, 7) is 0. The van der Waals surface area contributed by atoms with E-state index >= 15 is 0 Å². The van der Waals surface area contributed by atoms with Crippen molar-refractivity contribution in [3.8, 4) is 0 Å². The lowest BCUT2D eigenvalue weighted by molar-refractivity contribution is 0.0993. The second-order valence-electron chi connectivity index (χ2n) is 4.49. The van der Waals surface area contributed by atoms with Crippen LogP contribution in [0.1, 0.15) is 15.9 Å². The molecule has 1 aromatic heterocycles. The van der Waals surface area contributed by atoms with E-state index in [0.717, 1.165) is 5.39 Å². The molecule has 0 aliphatic heterocycles. The number of Topliss-reactive ketones (excluding diaryl/α,β-unsaturated/α-hetero) is 1. The molecule has 0 atom stereocenters. The van der Waals surface area contributed by atoms with Gasteiger partial charge in [0.2, 0.25) is 0 Å². The number of para-hydroxylation sites is 1. The fourth-order valence-corrected chi connectivity index (χ4v) is 2.33. The molecule has 0 saturated carbocycles. The fourth-order valence-electron chi connectivity index (χ4n) is 2.12. The van der Waals surface area contributed by atoms with E-state index in [0.29, 0.717) is 16.7 Å². The van der Waals surface area contributed by atoms with Gasteiger partial charge in [-0.05, 0) is 23.8 Å². The maximum Gasteiger partial charge on any atom is 0.171 e. The number of furan rings is 1. The molecule has 0 N–H and O–H groups in total. The lowest BCUT2D eigenvalue weighted by atomic mass is 10.0. The highest BCUT2D eigenvalue weighted by atomic mass is 35.5. The summed E-state index contributed by atoms with van der Waals surface area (Å²) in [5, 5.41) is 0.804. The molecule has 1 heterocycles. The third-order valence-electron chi connectivity index (χ3n) is 3.13. The zero-order chi connectivity index (χ0) is 14.1. The Bertz CT molecular complexity index is 792. The van der Waals surface area contributed by atoms with Crippen LogP contribution in [-0.2, 0) is 6.42 Å². The van der Waals surface area contributed by atoms with Gasteiger partial charge in [-0.15, -0.1) is 0 Å². The smallest absolute Gasteiger partial charge is 0.171 e. The van der Waals surface area contributed by atoms with Crippen LogP contribution in [0.5, 0.6) is 0 Å². The van der Waals surface area contributed by atoms with E-state index in [2.05, 4.69) is 0 Å². The quantitative estimate of drug-likeness (QED) is 0.657. The van der Waals surface area contributed by atoms with Crippen molar-refractivity contribution in [2.24, 2.45) is 0 Å². The predicted octanol–water partition coefficient (Wildman–Crippen LogP) is 4.65. The van der Waals surface area contributed by atoms with Gasteiger partial charge >= 0.3 is 0 Å². The third kappa shape index (κ3) is 2.32. The molecular formula is C16H10ClFO2. The van der Waals surface area contributed by atoms with E-state index in [1.54, 1.807) is 12.1 Å². The second kappa shape index (κ2) is 5.10. The number of ketones is 1. The zero-order valence-corrected chi connectivity index (χ0v) is 11.2. The van der Waals surface area contributed by atoms with E-state index < -0.39 is 5.82 Å². The summed E-state index contributed by atoms with van der Waals surface area (Å²) < 4.78 is 18.4. The molecule has 0 aliphatic rings. The van der Waals surface area contributed by atoms with Gasteiger partial charge < -0.3 is 4.42 Å². The molecule has 0 unspecified atom stereocenters. The van der Waals surface area contributed by atoms with Crippen molar-refractivity contribution in [2.75, 3.05) is 0 Å². The molecule has 0 amide bonds. The van der Waals surface area contributed by atoms with Crippen molar-refractivity contribution < 1.29 is 13.6 Å². The highest BCUT2D eigenvalue weighted by Crippen LogP contribution is 2.23. The Labute approximate surface area is 119 Å². The first-order valence-corrected chi connectivity index (χ1v) is 6.46. The third-order valence-corrected chi connectivity index (χ3v) is 3.42. The van der Waals surface area contributed by atoms with Crippen molar-refractivity contribution in [2.45, 2.75) is 6.42 Å². The maximum atomic E-state index is 13.1. The van der Waals surface area contributed by atoms with Crippen molar-refractivity contribution >= 4 is 28.4 Å². The van der Waals surface area contributed by atoms with Crippen molar-refractivity contribution in [1.29, 1.82) is 0 Å². The Hall–Kier alpha value is -2.13. The van der Waals surface area contributed by atoms with Gasteiger partial charge in [0, 0.05) is 11.8 Å². The molecule has 0 spiro atoms. The van der Waals surface area contributed by atoms with Crippen LogP contribution >= 0.6 is 11.6 Å². The van der Waals surface area contributed by atoms with Crippen LogP contribution in [0.25, 0.3) is 11.0 Å². The Morgan fingerprint density at radius 3 is 2.80 bits per heavy atom. The summed E-state index contributed by atoms with van der Waals surface area (Å²) in [4.78, 5) is 12.3. The minimum Gasteiger partial charge on any atom is -0.464 e. The number of fused-ring (bicyclic) bond motifs is 1. The van der Waals surface area contributed by atoms with Gasteiger partial charge in [-0.25, -0.2) is 4.39 Å². The number of halogens is 2. The minimum atomic E-state index is -0.489. The summed E-state index contributed by atoms with van der Waals surface area (Å²) >= 11 is 5.71. The zero-order valence-electron chi connectivity index (χ0n) is 10.4. The number of benzene rings is 2. The van der Waals surface area contributed by atoms with Crippen LogP contribution in [0.3, 0.4) is 0 Å². The van der Waals surface area contributed by atoms with Crippen LogP contribution in [0.4, 0.5) is 4.39 Å². The van der Waals surface area contributed by atoms with Gasteiger partial charge in [-0.1, -0.05) is 35.9 Å². The fraction of sp³-hybridized carbons (Fsp3) is 0.0625. The number of hydrogen-bond donors (Lipinski definition) is 0. The first-order chi connectivity index (χ1) is 9.65. The molecule has 0 fully saturated rings. The highest BCUT2D eigenvalue weighted by Gasteiger charge is 2.14. The summed E-state index contributed by atoms with van der Waals surface area (Å²) in [5.74, 6) is -0.575. The van der Waals surface area contributed by atoms with Crippen LogP contribution in [0.15, 0.2) is 53.1 Å². The molecule has 0 bridgehead atoms. The van der Waals surface area contributed by atoms with Crippen LogP contribution in [-0.4, -0.2) is 5.78 Å². The molecule has 0 aliphatic carbocycles.